The Bertz CT molecular complexity index is 127. The highest BCUT2D eigenvalue weighted by molar-refractivity contribution is 5.14. The normalized spacial score (nSPS) is 13.5. The minimum Gasteiger partial charge on any atom is -0.0874 e. The lowest BCUT2D eigenvalue weighted by Gasteiger charge is -1.97. The molecule has 10 heavy (non-hydrogen) atoms. The van der Waals surface area contributed by atoms with E-state index in [-0.39, 0.29) is 0 Å². The molecular weight excluding hydrogens is 120 g/mol. The van der Waals surface area contributed by atoms with Gasteiger partial charge in [0.2, 0.25) is 0 Å². The van der Waals surface area contributed by atoms with Crippen molar-refractivity contribution in [2.75, 3.05) is 0 Å². The van der Waals surface area contributed by atoms with Gasteiger partial charge in [0.1, 0.15) is 0 Å². The Morgan fingerprint density at radius 3 is 2.40 bits per heavy atom. The highest BCUT2D eigenvalue weighted by Gasteiger charge is 1.88. The monoisotopic (exact) mass is 138 g/mol. The maximum absolute atomic E-state index is 2.28. The van der Waals surface area contributed by atoms with E-state index in [1.165, 1.54) is 12.0 Å². The van der Waals surface area contributed by atoms with Crippen LogP contribution in [0.15, 0.2) is 23.8 Å². The molecule has 0 N–H and O–H groups in total. The highest BCUT2D eigenvalue weighted by Crippen LogP contribution is 2.04. The summed E-state index contributed by atoms with van der Waals surface area (Å²) in [5, 5.41) is 0. The van der Waals surface area contributed by atoms with Crippen LogP contribution >= 0.6 is 0 Å². The van der Waals surface area contributed by atoms with E-state index in [0.29, 0.717) is 0 Å². The number of hydrogen-bond acceptors (Lipinski definition) is 0. The lowest BCUT2D eigenvalue weighted by atomic mass is 10.1. The van der Waals surface area contributed by atoms with Gasteiger partial charge in [-0.3, -0.25) is 0 Å². The standard InChI is InChI=1S/C10H18/c1-5-6-10(4)8-7-9(2)3/h5-6,8-9H,7H2,1-4H3. The van der Waals surface area contributed by atoms with Gasteiger partial charge < -0.3 is 0 Å². The second-order valence-corrected chi connectivity index (χ2v) is 3.08. The van der Waals surface area contributed by atoms with Crippen LogP contribution in [0.4, 0.5) is 0 Å². The molecule has 0 aliphatic carbocycles. The SMILES string of the molecule is CC=CC(C)=CCC(C)C. The van der Waals surface area contributed by atoms with Gasteiger partial charge in [0.05, 0.1) is 0 Å². The van der Waals surface area contributed by atoms with Crippen LogP contribution in [-0.2, 0) is 0 Å². The highest BCUT2D eigenvalue weighted by atomic mass is 13.9. The third-order valence-corrected chi connectivity index (χ3v) is 1.34. The maximum Gasteiger partial charge on any atom is -0.0322 e. The Morgan fingerprint density at radius 2 is 2.00 bits per heavy atom. The van der Waals surface area contributed by atoms with Crippen LogP contribution in [0.2, 0.25) is 0 Å². The molecular formula is C10H18. The average molecular weight is 138 g/mol. The molecule has 0 heteroatoms. The molecule has 0 unspecified atom stereocenters. The molecule has 0 aliphatic heterocycles. The molecule has 0 saturated carbocycles. The summed E-state index contributed by atoms with van der Waals surface area (Å²) in [5.74, 6) is 0.778. The molecule has 0 rings (SSSR count). The molecule has 0 aromatic heterocycles. The molecule has 0 aromatic carbocycles. The lowest BCUT2D eigenvalue weighted by Crippen LogP contribution is -1.82. The van der Waals surface area contributed by atoms with Gasteiger partial charge in [-0.05, 0) is 26.2 Å². The molecule has 0 fully saturated rings. The summed E-state index contributed by atoms with van der Waals surface area (Å²) in [6, 6.07) is 0. The zero-order chi connectivity index (χ0) is 7.98. The Morgan fingerprint density at radius 1 is 1.40 bits per heavy atom. The third kappa shape index (κ3) is 5.61. The molecule has 0 atom stereocenters. The van der Waals surface area contributed by atoms with Gasteiger partial charge in [0, 0.05) is 0 Å². The zero-order valence-corrected chi connectivity index (χ0v) is 7.52. The molecule has 0 nitrogen and oxygen atoms in total. The predicted molar refractivity (Wildman–Crippen MR) is 48.0 cm³/mol. The van der Waals surface area contributed by atoms with Crippen molar-refractivity contribution >= 4 is 0 Å². The molecule has 0 heterocycles. The molecule has 0 bridgehead atoms. The summed E-state index contributed by atoms with van der Waals surface area (Å²) >= 11 is 0. The molecule has 0 aliphatic rings. The van der Waals surface area contributed by atoms with Gasteiger partial charge in [-0.15, -0.1) is 0 Å². The van der Waals surface area contributed by atoms with Crippen molar-refractivity contribution in [3.8, 4) is 0 Å². The van der Waals surface area contributed by atoms with Gasteiger partial charge in [0.25, 0.3) is 0 Å². The summed E-state index contributed by atoms with van der Waals surface area (Å²) in [4.78, 5) is 0. The fourth-order valence-corrected chi connectivity index (χ4v) is 0.753. The summed E-state index contributed by atoms with van der Waals surface area (Å²) in [7, 11) is 0. The fourth-order valence-electron chi connectivity index (χ4n) is 0.753. The smallest absolute Gasteiger partial charge is 0.0322 e. The molecule has 0 radical (unpaired) electrons. The average Bonchev–Trinajstić information content (AvgIpc) is 1.85. The van der Waals surface area contributed by atoms with E-state index in [9.17, 15) is 0 Å². The van der Waals surface area contributed by atoms with Crippen LogP contribution in [0.1, 0.15) is 34.1 Å². The van der Waals surface area contributed by atoms with E-state index < -0.39 is 0 Å². The maximum atomic E-state index is 2.28. The summed E-state index contributed by atoms with van der Waals surface area (Å²) in [6.07, 6.45) is 7.69. The van der Waals surface area contributed by atoms with E-state index in [1.807, 2.05) is 6.92 Å². The van der Waals surface area contributed by atoms with Crippen LogP contribution < -0.4 is 0 Å². The van der Waals surface area contributed by atoms with E-state index in [4.69, 9.17) is 0 Å². The van der Waals surface area contributed by atoms with Crippen LogP contribution in [0.25, 0.3) is 0 Å². The van der Waals surface area contributed by atoms with Gasteiger partial charge in [-0.2, -0.15) is 0 Å². The van der Waals surface area contributed by atoms with E-state index in [0.717, 1.165) is 5.92 Å². The largest absolute Gasteiger partial charge is 0.0874 e. The Kier molecular flexibility index (Phi) is 5.00. The summed E-state index contributed by atoms with van der Waals surface area (Å²) < 4.78 is 0. The van der Waals surface area contributed by atoms with Crippen molar-refractivity contribution in [2.24, 2.45) is 5.92 Å². The van der Waals surface area contributed by atoms with Gasteiger partial charge >= 0.3 is 0 Å². The quantitative estimate of drug-likeness (QED) is 0.523. The van der Waals surface area contributed by atoms with Crippen molar-refractivity contribution in [1.29, 1.82) is 0 Å². The summed E-state index contributed by atoms with van der Waals surface area (Å²) in [6.45, 7) is 8.66. The minimum absolute atomic E-state index is 0.778. The van der Waals surface area contributed by atoms with Crippen LogP contribution in [0.5, 0.6) is 0 Å². The Labute approximate surface area is 64.6 Å². The van der Waals surface area contributed by atoms with Crippen molar-refractivity contribution in [2.45, 2.75) is 34.1 Å². The molecule has 0 saturated heterocycles. The Balaban J connectivity index is 3.68. The van der Waals surface area contributed by atoms with Crippen molar-refractivity contribution < 1.29 is 0 Å². The first-order chi connectivity index (χ1) is 4.66. The van der Waals surface area contributed by atoms with Crippen molar-refractivity contribution in [3.63, 3.8) is 0 Å². The number of rotatable bonds is 3. The first-order valence-corrected chi connectivity index (χ1v) is 3.96. The van der Waals surface area contributed by atoms with Crippen LogP contribution in [0, 0.1) is 5.92 Å². The molecule has 0 aromatic rings. The molecule has 0 spiro atoms. The minimum atomic E-state index is 0.778. The fraction of sp³-hybridized carbons (Fsp3) is 0.600. The summed E-state index contributed by atoms with van der Waals surface area (Å²) in [5.41, 5.74) is 1.37. The third-order valence-electron chi connectivity index (χ3n) is 1.34. The van der Waals surface area contributed by atoms with Crippen LogP contribution in [-0.4, -0.2) is 0 Å². The Hall–Kier alpha value is -0.520. The first kappa shape index (κ1) is 9.48. The van der Waals surface area contributed by atoms with E-state index in [2.05, 4.69) is 39.0 Å². The number of allylic oxidation sites excluding steroid dienone is 4. The zero-order valence-electron chi connectivity index (χ0n) is 7.52. The van der Waals surface area contributed by atoms with E-state index in [1.54, 1.807) is 0 Å². The predicted octanol–water partition coefficient (Wildman–Crippen LogP) is 3.55. The van der Waals surface area contributed by atoms with E-state index >= 15 is 0 Å². The first-order valence-electron chi connectivity index (χ1n) is 3.96. The second kappa shape index (κ2) is 5.28. The molecule has 58 valence electrons. The van der Waals surface area contributed by atoms with Gasteiger partial charge in [-0.1, -0.05) is 37.6 Å². The number of hydrogen-bond donors (Lipinski definition) is 0. The van der Waals surface area contributed by atoms with Crippen molar-refractivity contribution in [3.05, 3.63) is 23.8 Å². The second-order valence-electron chi connectivity index (χ2n) is 3.08. The lowest BCUT2D eigenvalue weighted by molar-refractivity contribution is 0.662. The molecule has 0 amide bonds. The van der Waals surface area contributed by atoms with Crippen molar-refractivity contribution in [1.82, 2.24) is 0 Å². The van der Waals surface area contributed by atoms with Crippen LogP contribution in [0.3, 0.4) is 0 Å². The topological polar surface area (TPSA) is 0 Å². The van der Waals surface area contributed by atoms with Gasteiger partial charge in [0.15, 0.2) is 0 Å². The van der Waals surface area contributed by atoms with Gasteiger partial charge in [-0.25, -0.2) is 0 Å².